The molecule has 0 aliphatic heterocycles. The maximum absolute atomic E-state index is 12.4. The van der Waals surface area contributed by atoms with Gasteiger partial charge in [0, 0.05) is 13.2 Å². The number of nitrogens with one attached hydrogen (secondary N) is 1. The molecule has 0 saturated heterocycles. The predicted molar refractivity (Wildman–Crippen MR) is 83.9 cm³/mol. The Balaban J connectivity index is 2.01. The van der Waals surface area contributed by atoms with E-state index in [0.29, 0.717) is 11.4 Å². The second-order valence-corrected chi connectivity index (χ2v) is 4.80. The van der Waals surface area contributed by atoms with Crippen molar-refractivity contribution in [3.63, 3.8) is 0 Å². The van der Waals surface area contributed by atoms with E-state index in [-0.39, 0.29) is 18.0 Å². The molecule has 1 N–H and O–H groups in total. The average molecular weight is 332 g/mol. The van der Waals surface area contributed by atoms with E-state index in [2.05, 4.69) is 15.0 Å². The topological polar surface area (TPSA) is 78.3 Å². The lowest BCUT2D eigenvalue weighted by molar-refractivity contribution is -0.115. The number of hydrogen-bond acceptors (Lipinski definition) is 5. The van der Waals surface area contributed by atoms with Crippen molar-refractivity contribution >= 4 is 17.4 Å². The first-order valence-electron chi connectivity index (χ1n) is 6.90. The van der Waals surface area contributed by atoms with Crippen LogP contribution in [0.2, 0.25) is 0 Å². The third kappa shape index (κ3) is 4.64. The molecule has 124 valence electrons. The van der Waals surface area contributed by atoms with Gasteiger partial charge in [0.15, 0.2) is 0 Å². The van der Waals surface area contributed by atoms with Gasteiger partial charge in [0.05, 0.1) is 17.8 Å². The third-order valence-corrected chi connectivity index (χ3v) is 3.03. The number of alkyl halides is 2. The Bertz CT molecular complexity index is 744. The molecule has 1 amide bonds. The first kappa shape index (κ1) is 17.1. The Kier molecular flexibility index (Phi) is 5.63. The number of ether oxygens (including phenoxy) is 1. The van der Waals surface area contributed by atoms with Gasteiger partial charge in [0.2, 0.25) is 5.91 Å². The van der Waals surface area contributed by atoms with Crippen LogP contribution in [0.4, 0.5) is 20.3 Å². The van der Waals surface area contributed by atoms with Gasteiger partial charge in [-0.3, -0.25) is 4.79 Å². The van der Waals surface area contributed by atoms with E-state index in [0.717, 1.165) is 0 Å². The molecular weight excluding hydrogens is 318 g/mol. The molecule has 1 aromatic heterocycles. The number of hydrogen-bond donors (Lipinski definition) is 1. The number of likely N-dealkylation sites (N-methyl/N-ethyl adjacent to an activating group) is 1. The van der Waals surface area contributed by atoms with Crippen molar-refractivity contribution in [1.82, 2.24) is 4.98 Å². The van der Waals surface area contributed by atoms with Crippen LogP contribution in [0.3, 0.4) is 0 Å². The zero-order valence-electron chi connectivity index (χ0n) is 12.7. The molecule has 24 heavy (non-hydrogen) atoms. The van der Waals surface area contributed by atoms with Crippen LogP contribution < -0.4 is 15.0 Å². The Labute approximate surface area is 137 Å². The van der Waals surface area contributed by atoms with Crippen LogP contribution >= 0.6 is 0 Å². The number of aromatic nitrogens is 1. The molecule has 6 nitrogen and oxygen atoms in total. The molecule has 0 spiro atoms. The summed E-state index contributed by atoms with van der Waals surface area (Å²) in [6.07, 6.45) is 1.40. The summed E-state index contributed by atoms with van der Waals surface area (Å²) in [5, 5.41) is 11.3. The first-order chi connectivity index (χ1) is 11.5. The van der Waals surface area contributed by atoms with E-state index < -0.39 is 12.5 Å². The largest absolute Gasteiger partial charge is 0.433 e. The maximum Gasteiger partial charge on any atom is 0.387 e. The lowest BCUT2D eigenvalue weighted by atomic mass is 10.3. The number of carbonyl (C=O) groups is 1. The summed E-state index contributed by atoms with van der Waals surface area (Å²) in [5.74, 6) is -0.0322. The molecule has 0 unspecified atom stereocenters. The van der Waals surface area contributed by atoms with Crippen molar-refractivity contribution < 1.29 is 18.3 Å². The summed E-state index contributed by atoms with van der Waals surface area (Å²) in [5.41, 5.74) is 0.568. The Morgan fingerprint density at radius 2 is 2.12 bits per heavy atom. The van der Waals surface area contributed by atoms with Gasteiger partial charge in [-0.1, -0.05) is 12.1 Å². The van der Waals surface area contributed by atoms with E-state index in [1.165, 1.54) is 24.4 Å². The average Bonchev–Trinajstić information content (AvgIpc) is 2.56. The van der Waals surface area contributed by atoms with Crippen LogP contribution in [0, 0.1) is 11.3 Å². The van der Waals surface area contributed by atoms with Gasteiger partial charge in [-0.05, 0) is 24.3 Å². The van der Waals surface area contributed by atoms with Crippen molar-refractivity contribution in [3.05, 3.63) is 48.2 Å². The van der Waals surface area contributed by atoms with Crippen LogP contribution in [0.15, 0.2) is 42.6 Å². The lowest BCUT2D eigenvalue weighted by Gasteiger charge is -2.18. The highest BCUT2D eigenvalue weighted by atomic mass is 19.3. The standard InChI is InChI=1S/C16H14F2N4O2/c1-22(14-7-6-11(8-19)9-20-14)10-15(23)21-12-4-2-3-5-13(12)24-16(17)18/h2-7,9,16H,10H2,1H3,(H,21,23). The first-order valence-corrected chi connectivity index (χ1v) is 6.90. The lowest BCUT2D eigenvalue weighted by Crippen LogP contribution is -2.30. The highest BCUT2D eigenvalue weighted by Crippen LogP contribution is 2.25. The maximum atomic E-state index is 12.4. The zero-order chi connectivity index (χ0) is 17.5. The molecule has 0 atom stereocenters. The van der Waals surface area contributed by atoms with Crippen LogP contribution in [-0.2, 0) is 4.79 Å². The second-order valence-electron chi connectivity index (χ2n) is 4.80. The summed E-state index contributed by atoms with van der Waals surface area (Å²) in [6.45, 7) is -3.03. The Morgan fingerprint density at radius 3 is 2.75 bits per heavy atom. The summed E-state index contributed by atoms with van der Waals surface area (Å²) in [4.78, 5) is 17.7. The monoisotopic (exact) mass is 332 g/mol. The van der Waals surface area contributed by atoms with Gasteiger partial charge in [-0.2, -0.15) is 14.0 Å². The third-order valence-electron chi connectivity index (χ3n) is 3.03. The summed E-state index contributed by atoms with van der Waals surface area (Å²) < 4.78 is 29.1. The zero-order valence-corrected chi connectivity index (χ0v) is 12.7. The van der Waals surface area contributed by atoms with E-state index >= 15 is 0 Å². The molecule has 1 heterocycles. The number of nitrogens with zero attached hydrogens (tertiary/aromatic N) is 3. The minimum absolute atomic E-state index is 0.0537. The quantitative estimate of drug-likeness (QED) is 0.880. The minimum atomic E-state index is -2.98. The molecular formula is C16H14F2N4O2. The summed E-state index contributed by atoms with van der Waals surface area (Å²) in [7, 11) is 1.65. The summed E-state index contributed by atoms with van der Waals surface area (Å²) in [6, 6.07) is 11.1. The molecule has 8 heteroatoms. The Hall–Kier alpha value is -3.21. The number of para-hydroxylation sites is 2. The number of benzene rings is 1. The molecule has 1 aromatic carbocycles. The molecule has 2 aromatic rings. The Morgan fingerprint density at radius 1 is 1.38 bits per heavy atom. The van der Waals surface area contributed by atoms with Crippen molar-refractivity contribution in [2.24, 2.45) is 0 Å². The number of pyridine rings is 1. The number of anilines is 2. The second kappa shape index (κ2) is 7.87. The van der Waals surface area contributed by atoms with Gasteiger partial charge >= 0.3 is 6.61 Å². The van der Waals surface area contributed by atoms with E-state index in [9.17, 15) is 13.6 Å². The normalized spacial score (nSPS) is 10.1. The number of rotatable bonds is 6. The van der Waals surface area contributed by atoms with Crippen molar-refractivity contribution in [2.45, 2.75) is 6.61 Å². The van der Waals surface area contributed by atoms with E-state index in [1.807, 2.05) is 6.07 Å². The van der Waals surface area contributed by atoms with Gasteiger partial charge < -0.3 is 15.0 Å². The van der Waals surface area contributed by atoms with Crippen LogP contribution in [-0.4, -0.2) is 31.1 Å². The molecule has 0 aliphatic carbocycles. The number of halogens is 2. The molecule has 0 bridgehead atoms. The fraction of sp³-hybridized carbons (Fsp3) is 0.188. The van der Waals surface area contributed by atoms with Gasteiger partial charge in [0.1, 0.15) is 17.6 Å². The predicted octanol–water partition coefficient (Wildman–Crippen LogP) is 2.63. The molecule has 0 aliphatic rings. The van der Waals surface area contributed by atoms with Gasteiger partial charge in [-0.15, -0.1) is 0 Å². The molecule has 0 radical (unpaired) electrons. The number of nitriles is 1. The highest BCUT2D eigenvalue weighted by Gasteiger charge is 2.13. The minimum Gasteiger partial charge on any atom is -0.433 e. The van der Waals surface area contributed by atoms with Crippen LogP contribution in [0.5, 0.6) is 5.75 Å². The summed E-state index contributed by atoms with van der Waals surface area (Å²) >= 11 is 0. The smallest absolute Gasteiger partial charge is 0.387 e. The van der Waals surface area contributed by atoms with Gasteiger partial charge in [-0.25, -0.2) is 4.98 Å². The molecule has 0 saturated carbocycles. The van der Waals surface area contributed by atoms with Crippen molar-refractivity contribution in [3.8, 4) is 11.8 Å². The number of carbonyl (C=O) groups excluding carboxylic acids is 1. The fourth-order valence-corrected chi connectivity index (χ4v) is 1.93. The van der Waals surface area contributed by atoms with Crippen molar-refractivity contribution in [2.75, 3.05) is 23.8 Å². The van der Waals surface area contributed by atoms with E-state index in [4.69, 9.17) is 5.26 Å². The fourth-order valence-electron chi connectivity index (χ4n) is 1.93. The SMILES string of the molecule is CN(CC(=O)Nc1ccccc1OC(F)F)c1ccc(C#N)cn1. The van der Waals surface area contributed by atoms with E-state index in [1.54, 1.807) is 30.1 Å². The van der Waals surface area contributed by atoms with Crippen LogP contribution in [0.25, 0.3) is 0 Å². The molecule has 2 rings (SSSR count). The van der Waals surface area contributed by atoms with Crippen molar-refractivity contribution in [1.29, 1.82) is 5.26 Å². The van der Waals surface area contributed by atoms with Gasteiger partial charge in [0.25, 0.3) is 0 Å². The highest BCUT2D eigenvalue weighted by molar-refractivity contribution is 5.95. The van der Waals surface area contributed by atoms with Crippen LogP contribution in [0.1, 0.15) is 5.56 Å². The molecule has 0 fully saturated rings. The number of amides is 1.